The number of rotatable bonds is 1. The summed E-state index contributed by atoms with van der Waals surface area (Å²) >= 11 is 0. The number of benzene rings is 1. The van der Waals surface area contributed by atoms with Crippen molar-refractivity contribution in [1.82, 2.24) is 9.47 Å². The summed E-state index contributed by atoms with van der Waals surface area (Å²) in [6, 6.07) is 14.5. The van der Waals surface area contributed by atoms with Crippen molar-refractivity contribution in [2.75, 3.05) is 11.9 Å². The first-order valence-electron chi connectivity index (χ1n) is 7.89. The van der Waals surface area contributed by atoms with Crippen molar-refractivity contribution in [3.63, 3.8) is 0 Å². The monoisotopic (exact) mass is 281 g/mol. The zero-order valence-corrected chi connectivity index (χ0v) is 13.0. The summed E-state index contributed by atoms with van der Waals surface area (Å²) in [5, 5.41) is 0. The molecule has 2 aliphatic heterocycles. The molecule has 110 valence electrons. The molecule has 0 saturated carbocycles. The van der Waals surface area contributed by atoms with Gasteiger partial charge in [0.1, 0.15) is 5.82 Å². The molecular formula is C18H23N3. The maximum Gasteiger partial charge on any atom is 0.109 e. The number of hydrogen-bond donors (Lipinski definition) is 0. The number of nitrogens with zero attached hydrogens (tertiary/aromatic N) is 3. The van der Waals surface area contributed by atoms with Crippen molar-refractivity contribution < 1.29 is 0 Å². The summed E-state index contributed by atoms with van der Waals surface area (Å²) in [6.07, 6.45) is 5.04. The van der Waals surface area contributed by atoms with Crippen molar-refractivity contribution in [2.45, 2.75) is 38.0 Å². The lowest BCUT2D eigenvalue weighted by Gasteiger charge is -2.38. The average Bonchev–Trinajstić information content (AvgIpc) is 2.85. The summed E-state index contributed by atoms with van der Waals surface area (Å²) in [4.78, 5) is 5.14. The Morgan fingerprint density at radius 2 is 1.57 bits per heavy atom. The van der Waals surface area contributed by atoms with E-state index in [0.29, 0.717) is 18.2 Å². The second-order valence-electron chi connectivity index (χ2n) is 6.42. The van der Waals surface area contributed by atoms with Crippen molar-refractivity contribution in [3.05, 3.63) is 53.7 Å². The second-order valence-corrected chi connectivity index (χ2v) is 6.42. The van der Waals surface area contributed by atoms with Crippen LogP contribution in [0.1, 0.15) is 43.0 Å². The summed E-state index contributed by atoms with van der Waals surface area (Å²) in [6.45, 7) is 2.34. The molecule has 5 rings (SSSR count). The molecule has 1 fully saturated rings. The normalized spacial score (nSPS) is 28.5. The van der Waals surface area contributed by atoms with Gasteiger partial charge in [0.2, 0.25) is 0 Å². The molecule has 3 aliphatic rings. The highest BCUT2D eigenvalue weighted by Crippen LogP contribution is 2.48. The predicted octanol–water partition coefficient (Wildman–Crippen LogP) is 3.70. The van der Waals surface area contributed by atoms with E-state index in [1.807, 2.05) is 0 Å². The van der Waals surface area contributed by atoms with Gasteiger partial charge in [-0.2, -0.15) is 0 Å². The molecule has 1 aromatic heterocycles. The molecule has 2 unspecified atom stereocenters. The van der Waals surface area contributed by atoms with Gasteiger partial charge in [0, 0.05) is 19.3 Å². The fourth-order valence-electron chi connectivity index (χ4n) is 4.25. The Bertz CT molecular complexity index is 660. The molecule has 0 spiro atoms. The largest absolute Gasteiger partial charge is 0.338 e. The Balaban J connectivity index is 1.91. The Hall–Kier alpha value is -1.74. The third kappa shape index (κ3) is 1.77. The van der Waals surface area contributed by atoms with Crippen LogP contribution in [0.4, 0.5) is 5.82 Å². The second kappa shape index (κ2) is 4.63. The van der Waals surface area contributed by atoms with Crippen molar-refractivity contribution in [2.24, 2.45) is 7.05 Å². The molecular weight excluding hydrogens is 258 g/mol. The molecule has 0 radical (unpaired) electrons. The summed E-state index contributed by atoms with van der Waals surface area (Å²) in [7, 11) is 4.42. The first-order chi connectivity index (χ1) is 10.2. The van der Waals surface area contributed by atoms with Gasteiger partial charge in [0.15, 0.2) is 0 Å². The van der Waals surface area contributed by atoms with Crippen LogP contribution in [-0.4, -0.2) is 22.7 Å². The number of aromatic nitrogens is 1. The third-order valence-corrected chi connectivity index (χ3v) is 5.43. The topological polar surface area (TPSA) is 11.4 Å². The SMILES string of the molecule is C[C@H]1N(C)C2CCC(c3ccccc32)N1c1cccn1C. The van der Waals surface area contributed by atoms with Crippen LogP contribution in [0.3, 0.4) is 0 Å². The van der Waals surface area contributed by atoms with Crippen LogP contribution >= 0.6 is 0 Å². The van der Waals surface area contributed by atoms with Crippen LogP contribution in [0.5, 0.6) is 0 Å². The molecule has 3 atom stereocenters. The fourth-order valence-corrected chi connectivity index (χ4v) is 4.25. The lowest BCUT2D eigenvalue weighted by molar-refractivity contribution is 0.191. The molecule has 0 N–H and O–H groups in total. The van der Waals surface area contributed by atoms with Crippen LogP contribution in [0.2, 0.25) is 0 Å². The van der Waals surface area contributed by atoms with E-state index in [0.717, 1.165) is 0 Å². The molecule has 1 saturated heterocycles. The summed E-state index contributed by atoms with van der Waals surface area (Å²) in [5.41, 5.74) is 3.05. The Morgan fingerprint density at radius 1 is 0.905 bits per heavy atom. The fraction of sp³-hybridized carbons (Fsp3) is 0.444. The highest BCUT2D eigenvalue weighted by molar-refractivity contribution is 5.50. The minimum atomic E-state index is 0.406. The highest BCUT2D eigenvalue weighted by atomic mass is 15.4. The number of hydrogen-bond acceptors (Lipinski definition) is 2. The van der Waals surface area contributed by atoms with E-state index in [1.54, 1.807) is 0 Å². The van der Waals surface area contributed by atoms with Crippen LogP contribution in [0.25, 0.3) is 0 Å². The maximum atomic E-state index is 2.60. The molecule has 1 aliphatic carbocycles. The quantitative estimate of drug-likeness (QED) is 0.789. The zero-order valence-electron chi connectivity index (χ0n) is 13.0. The van der Waals surface area contributed by atoms with Gasteiger partial charge in [0.05, 0.1) is 12.2 Å². The molecule has 21 heavy (non-hydrogen) atoms. The molecule has 1 aromatic carbocycles. The minimum absolute atomic E-state index is 0.406. The average molecular weight is 281 g/mol. The molecule has 2 bridgehead atoms. The van der Waals surface area contributed by atoms with E-state index in [4.69, 9.17) is 0 Å². The van der Waals surface area contributed by atoms with Gasteiger partial charge in [-0.25, -0.2) is 0 Å². The van der Waals surface area contributed by atoms with Crippen molar-refractivity contribution >= 4 is 5.82 Å². The molecule has 3 heterocycles. The van der Waals surface area contributed by atoms with Crippen LogP contribution in [0.15, 0.2) is 42.6 Å². The Morgan fingerprint density at radius 3 is 2.24 bits per heavy atom. The van der Waals surface area contributed by atoms with Gasteiger partial charge < -0.3 is 9.47 Å². The van der Waals surface area contributed by atoms with Gasteiger partial charge in [-0.15, -0.1) is 0 Å². The number of aryl methyl sites for hydroxylation is 1. The molecule has 3 heteroatoms. The first-order valence-corrected chi connectivity index (χ1v) is 7.89. The molecule has 3 nitrogen and oxygen atoms in total. The van der Waals surface area contributed by atoms with Crippen molar-refractivity contribution in [3.8, 4) is 0 Å². The van der Waals surface area contributed by atoms with E-state index in [9.17, 15) is 0 Å². The van der Waals surface area contributed by atoms with E-state index >= 15 is 0 Å². The Labute approximate surface area is 126 Å². The van der Waals surface area contributed by atoms with Gasteiger partial charge in [-0.1, -0.05) is 24.3 Å². The van der Waals surface area contributed by atoms with Gasteiger partial charge in [-0.3, -0.25) is 4.90 Å². The van der Waals surface area contributed by atoms with Crippen LogP contribution in [0, 0.1) is 0 Å². The van der Waals surface area contributed by atoms with Crippen LogP contribution in [-0.2, 0) is 7.05 Å². The summed E-state index contributed by atoms with van der Waals surface area (Å²) < 4.78 is 2.24. The predicted molar refractivity (Wildman–Crippen MR) is 86.3 cm³/mol. The van der Waals surface area contributed by atoms with E-state index in [2.05, 4.69) is 78.0 Å². The lowest BCUT2D eigenvalue weighted by Crippen LogP contribution is -2.44. The van der Waals surface area contributed by atoms with E-state index in [-0.39, 0.29) is 0 Å². The third-order valence-electron chi connectivity index (χ3n) is 5.43. The standard InChI is InChI=1S/C18H23N3/c1-13-20(3)16-10-11-17(15-8-5-4-7-14(15)16)21(13)18-9-6-12-19(18)2/h4-9,12-13,16-17H,10-11H2,1-3H3/t13-,16?,17?/m0/s1. The summed E-state index contributed by atoms with van der Waals surface area (Å²) in [5.74, 6) is 1.32. The minimum Gasteiger partial charge on any atom is -0.338 e. The zero-order chi connectivity index (χ0) is 14.6. The van der Waals surface area contributed by atoms with Gasteiger partial charge in [0.25, 0.3) is 0 Å². The van der Waals surface area contributed by atoms with Gasteiger partial charge >= 0.3 is 0 Å². The van der Waals surface area contributed by atoms with Gasteiger partial charge in [-0.05, 0) is 50.1 Å². The van der Waals surface area contributed by atoms with E-state index < -0.39 is 0 Å². The molecule has 0 amide bonds. The Kier molecular flexibility index (Phi) is 2.86. The molecule has 2 aromatic rings. The highest BCUT2D eigenvalue weighted by Gasteiger charge is 2.41. The van der Waals surface area contributed by atoms with E-state index in [1.165, 1.54) is 29.8 Å². The number of fused-ring (bicyclic) bond motifs is 3. The maximum absolute atomic E-state index is 2.60. The van der Waals surface area contributed by atoms with Crippen LogP contribution < -0.4 is 4.90 Å². The lowest BCUT2D eigenvalue weighted by atomic mass is 9.84. The first kappa shape index (κ1) is 13.0. The number of anilines is 1. The smallest absolute Gasteiger partial charge is 0.109 e. The van der Waals surface area contributed by atoms with Crippen molar-refractivity contribution in [1.29, 1.82) is 0 Å².